The smallest absolute Gasteiger partial charge is 0.339 e. The molecule has 1 saturated carbocycles. The van der Waals surface area contributed by atoms with E-state index in [1.165, 1.54) is 6.07 Å². The van der Waals surface area contributed by atoms with Gasteiger partial charge in [0.15, 0.2) is 0 Å². The molecule has 22 heavy (non-hydrogen) atoms. The van der Waals surface area contributed by atoms with Crippen LogP contribution in [0, 0.1) is 0 Å². The maximum atomic E-state index is 13.3. The SMILES string of the molecule is FC(F)(F)c1ccc(C2CC2)cc1-c1cc2cccnc2[nH]1. The summed E-state index contributed by atoms with van der Waals surface area (Å²) in [5.74, 6) is 0.406. The molecule has 3 aromatic rings. The monoisotopic (exact) mass is 302 g/mol. The second-order valence-corrected chi connectivity index (χ2v) is 5.70. The molecule has 4 rings (SSSR count). The second-order valence-electron chi connectivity index (χ2n) is 5.70. The van der Waals surface area contributed by atoms with Crippen LogP contribution in [0.1, 0.15) is 29.9 Å². The number of rotatable bonds is 2. The number of pyridine rings is 1. The summed E-state index contributed by atoms with van der Waals surface area (Å²) in [6.07, 6.45) is -0.645. The Balaban J connectivity index is 1.92. The Bertz CT molecular complexity index is 811. The molecule has 1 fully saturated rings. The Morgan fingerprint density at radius 1 is 1.09 bits per heavy atom. The number of benzene rings is 1. The Morgan fingerprint density at radius 2 is 1.91 bits per heavy atom. The Labute approximate surface area is 125 Å². The van der Waals surface area contributed by atoms with E-state index in [4.69, 9.17) is 0 Å². The highest BCUT2D eigenvalue weighted by molar-refractivity contribution is 5.84. The van der Waals surface area contributed by atoms with Crippen LogP contribution in [-0.2, 0) is 6.18 Å². The van der Waals surface area contributed by atoms with Crippen molar-refractivity contribution in [3.63, 3.8) is 0 Å². The average Bonchev–Trinajstić information content (AvgIpc) is 3.24. The number of halogens is 3. The van der Waals surface area contributed by atoms with Crippen molar-refractivity contribution in [3.8, 4) is 11.3 Å². The van der Waals surface area contributed by atoms with E-state index in [9.17, 15) is 13.2 Å². The molecule has 0 radical (unpaired) electrons. The van der Waals surface area contributed by atoms with Crippen LogP contribution < -0.4 is 0 Å². The Kier molecular flexibility index (Phi) is 2.79. The van der Waals surface area contributed by atoms with E-state index in [1.807, 2.05) is 6.07 Å². The van der Waals surface area contributed by atoms with Crippen LogP contribution >= 0.6 is 0 Å². The van der Waals surface area contributed by atoms with Gasteiger partial charge in [-0.1, -0.05) is 6.07 Å². The quantitative estimate of drug-likeness (QED) is 0.698. The number of fused-ring (bicyclic) bond motifs is 1. The van der Waals surface area contributed by atoms with Gasteiger partial charge in [-0.15, -0.1) is 0 Å². The molecule has 2 nitrogen and oxygen atoms in total. The molecule has 0 unspecified atom stereocenters. The number of H-pyrrole nitrogens is 1. The summed E-state index contributed by atoms with van der Waals surface area (Å²) in [7, 11) is 0. The molecule has 0 amide bonds. The summed E-state index contributed by atoms with van der Waals surface area (Å²) in [4.78, 5) is 7.15. The molecular formula is C17H13F3N2. The largest absolute Gasteiger partial charge is 0.417 e. The van der Waals surface area contributed by atoms with Crippen molar-refractivity contribution in [1.82, 2.24) is 9.97 Å². The van der Waals surface area contributed by atoms with Crippen LogP contribution in [0.25, 0.3) is 22.3 Å². The fraction of sp³-hybridized carbons (Fsp3) is 0.235. The van der Waals surface area contributed by atoms with Gasteiger partial charge in [0.05, 0.1) is 5.56 Å². The minimum absolute atomic E-state index is 0.204. The highest BCUT2D eigenvalue weighted by atomic mass is 19.4. The second kappa shape index (κ2) is 4.60. The Hall–Kier alpha value is -2.30. The van der Waals surface area contributed by atoms with Crippen molar-refractivity contribution in [2.45, 2.75) is 24.9 Å². The third-order valence-corrected chi connectivity index (χ3v) is 4.08. The molecule has 112 valence electrons. The zero-order valence-electron chi connectivity index (χ0n) is 11.6. The van der Waals surface area contributed by atoms with Crippen LogP contribution in [0.15, 0.2) is 42.6 Å². The summed E-state index contributed by atoms with van der Waals surface area (Å²) < 4.78 is 39.9. The number of alkyl halides is 3. The molecule has 0 atom stereocenters. The van der Waals surface area contributed by atoms with Crippen molar-refractivity contribution in [2.75, 3.05) is 0 Å². The molecule has 1 aliphatic carbocycles. The summed E-state index contributed by atoms with van der Waals surface area (Å²) in [6.45, 7) is 0. The third kappa shape index (κ3) is 2.26. The van der Waals surface area contributed by atoms with Gasteiger partial charge in [0, 0.05) is 22.8 Å². The van der Waals surface area contributed by atoms with Gasteiger partial charge in [0.25, 0.3) is 0 Å². The first-order valence-electron chi connectivity index (χ1n) is 7.17. The molecule has 1 aliphatic rings. The average molecular weight is 302 g/mol. The van der Waals surface area contributed by atoms with Gasteiger partial charge in [-0.25, -0.2) is 4.98 Å². The lowest BCUT2D eigenvalue weighted by Crippen LogP contribution is -2.07. The predicted molar refractivity (Wildman–Crippen MR) is 78.5 cm³/mol. The normalized spacial score (nSPS) is 15.4. The van der Waals surface area contributed by atoms with E-state index in [-0.39, 0.29) is 5.56 Å². The van der Waals surface area contributed by atoms with Gasteiger partial charge in [-0.3, -0.25) is 0 Å². The fourth-order valence-electron chi connectivity index (χ4n) is 2.81. The van der Waals surface area contributed by atoms with Crippen molar-refractivity contribution >= 4 is 11.0 Å². The van der Waals surface area contributed by atoms with Gasteiger partial charge >= 0.3 is 6.18 Å². The van der Waals surface area contributed by atoms with Crippen molar-refractivity contribution in [3.05, 3.63) is 53.7 Å². The highest BCUT2D eigenvalue weighted by Gasteiger charge is 2.35. The van der Waals surface area contributed by atoms with E-state index < -0.39 is 11.7 Å². The van der Waals surface area contributed by atoms with Crippen LogP contribution in [0.2, 0.25) is 0 Å². The Morgan fingerprint density at radius 3 is 2.59 bits per heavy atom. The van der Waals surface area contributed by atoms with E-state index in [0.717, 1.165) is 23.8 Å². The first-order valence-corrected chi connectivity index (χ1v) is 7.17. The van der Waals surface area contributed by atoms with E-state index in [1.54, 1.807) is 30.5 Å². The van der Waals surface area contributed by atoms with Gasteiger partial charge in [0.2, 0.25) is 0 Å². The van der Waals surface area contributed by atoms with Gasteiger partial charge < -0.3 is 4.98 Å². The third-order valence-electron chi connectivity index (χ3n) is 4.08. The molecule has 0 aliphatic heterocycles. The first kappa shape index (κ1) is 13.4. The van der Waals surface area contributed by atoms with Gasteiger partial charge in [0.1, 0.15) is 5.65 Å². The molecule has 0 saturated heterocycles. The number of hydrogen-bond donors (Lipinski definition) is 1. The fourth-order valence-corrected chi connectivity index (χ4v) is 2.81. The molecule has 1 aromatic carbocycles. The lowest BCUT2D eigenvalue weighted by Gasteiger charge is -2.13. The number of hydrogen-bond acceptors (Lipinski definition) is 1. The van der Waals surface area contributed by atoms with Crippen molar-refractivity contribution in [2.24, 2.45) is 0 Å². The molecule has 2 heterocycles. The number of nitrogens with zero attached hydrogens (tertiary/aromatic N) is 1. The zero-order chi connectivity index (χ0) is 15.3. The van der Waals surface area contributed by atoms with Gasteiger partial charge in [-0.2, -0.15) is 13.2 Å². The van der Waals surface area contributed by atoms with E-state index in [0.29, 0.717) is 17.3 Å². The summed E-state index contributed by atoms with van der Waals surface area (Å²) in [6, 6.07) is 9.80. The van der Waals surface area contributed by atoms with Gasteiger partial charge in [-0.05, 0) is 54.7 Å². The topological polar surface area (TPSA) is 28.7 Å². The van der Waals surface area contributed by atoms with E-state index >= 15 is 0 Å². The molecular weight excluding hydrogens is 289 g/mol. The van der Waals surface area contributed by atoms with Crippen LogP contribution in [0.3, 0.4) is 0 Å². The van der Waals surface area contributed by atoms with Crippen molar-refractivity contribution < 1.29 is 13.2 Å². The lowest BCUT2D eigenvalue weighted by atomic mass is 9.98. The van der Waals surface area contributed by atoms with Crippen LogP contribution in [0.4, 0.5) is 13.2 Å². The lowest BCUT2D eigenvalue weighted by molar-refractivity contribution is -0.137. The molecule has 0 spiro atoms. The number of aromatic amines is 1. The predicted octanol–water partition coefficient (Wildman–Crippen LogP) is 5.13. The molecule has 0 bridgehead atoms. The molecule has 5 heteroatoms. The highest BCUT2D eigenvalue weighted by Crippen LogP contribution is 2.44. The maximum Gasteiger partial charge on any atom is 0.417 e. The summed E-state index contributed by atoms with van der Waals surface area (Å²) in [5, 5.41) is 0.808. The summed E-state index contributed by atoms with van der Waals surface area (Å²) in [5.41, 5.74) is 1.64. The van der Waals surface area contributed by atoms with Crippen LogP contribution in [0.5, 0.6) is 0 Å². The molecule has 2 aromatic heterocycles. The number of nitrogens with one attached hydrogen (secondary N) is 1. The van der Waals surface area contributed by atoms with Crippen molar-refractivity contribution in [1.29, 1.82) is 0 Å². The van der Waals surface area contributed by atoms with E-state index in [2.05, 4.69) is 9.97 Å². The minimum atomic E-state index is -4.37. The maximum absolute atomic E-state index is 13.3. The molecule has 1 N–H and O–H groups in total. The summed E-state index contributed by atoms with van der Waals surface area (Å²) >= 11 is 0. The standard InChI is InChI=1S/C17H13F3N2/c18-17(19,20)14-6-5-11(10-3-4-10)8-13(14)15-9-12-2-1-7-21-16(12)22-15/h1-2,5-10H,3-4H2,(H,21,22). The number of aromatic nitrogens is 2. The zero-order valence-corrected chi connectivity index (χ0v) is 11.6. The van der Waals surface area contributed by atoms with Crippen LogP contribution in [-0.4, -0.2) is 9.97 Å². The minimum Gasteiger partial charge on any atom is -0.339 e. The first-order chi connectivity index (χ1) is 10.5.